The minimum absolute atomic E-state index is 0.924. The van der Waals surface area contributed by atoms with E-state index in [1.165, 1.54) is 19.8 Å². The van der Waals surface area contributed by atoms with Gasteiger partial charge in [-0.3, -0.25) is 0 Å². The molecule has 0 unspecified atom stereocenters. The lowest BCUT2D eigenvalue weighted by Gasteiger charge is -2.13. The largest absolute Gasteiger partial charge is 0.393 e. The lowest BCUT2D eigenvalue weighted by atomic mass is 10.2. The highest BCUT2D eigenvalue weighted by molar-refractivity contribution is 8.55. The minimum atomic E-state index is -3.03. The van der Waals surface area contributed by atoms with Gasteiger partial charge in [-0.25, -0.2) is 4.57 Å². The van der Waals surface area contributed by atoms with Crippen molar-refractivity contribution in [2.45, 2.75) is 18.7 Å². The molecule has 84 valence electrons. The Morgan fingerprint density at radius 3 is 2.27 bits per heavy atom. The van der Waals surface area contributed by atoms with E-state index in [1.54, 1.807) is 0 Å². The molecule has 0 spiro atoms. The topological polar surface area (TPSA) is 35.5 Å². The lowest BCUT2D eigenvalue weighted by Crippen LogP contribution is -1.86. The summed E-state index contributed by atoms with van der Waals surface area (Å²) in [5.74, 6) is 0. The monoisotopic (exact) mass is 246 g/mol. The molecule has 0 saturated carbocycles. The third-order valence-electron chi connectivity index (χ3n) is 1.99. The molecule has 0 atom stereocenters. The van der Waals surface area contributed by atoms with Crippen molar-refractivity contribution in [2.24, 2.45) is 0 Å². The zero-order chi connectivity index (χ0) is 11.5. The fourth-order valence-electron chi connectivity index (χ4n) is 1.17. The molecule has 0 aliphatic heterocycles. The van der Waals surface area contributed by atoms with Crippen LogP contribution in [-0.2, 0) is 13.6 Å². The maximum atomic E-state index is 11.9. The molecule has 3 nitrogen and oxygen atoms in total. The second-order valence-corrected chi connectivity index (χ2v) is 7.31. The van der Waals surface area contributed by atoms with Crippen molar-refractivity contribution in [3.63, 3.8) is 0 Å². The molecule has 0 fully saturated rings. The highest BCUT2D eigenvalue weighted by atomic mass is 32.7. The van der Waals surface area contributed by atoms with Crippen LogP contribution in [0.25, 0.3) is 0 Å². The van der Waals surface area contributed by atoms with E-state index in [2.05, 4.69) is 0 Å². The number of hydrogen-bond acceptors (Lipinski definition) is 4. The Hall–Kier alpha value is -0.280. The third-order valence-corrected chi connectivity index (χ3v) is 5.92. The van der Waals surface area contributed by atoms with E-state index >= 15 is 0 Å². The summed E-state index contributed by atoms with van der Waals surface area (Å²) < 4.78 is 21.6. The molecule has 0 N–H and O–H groups in total. The van der Waals surface area contributed by atoms with E-state index in [0.29, 0.717) is 0 Å². The van der Waals surface area contributed by atoms with Crippen molar-refractivity contribution in [1.82, 2.24) is 0 Å². The molecule has 5 heteroatoms. The van der Waals surface area contributed by atoms with Crippen molar-refractivity contribution in [3.05, 3.63) is 29.3 Å². The number of hydrogen-bond donors (Lipinski definition) is 0. The molecule has 0 aromatic heterocycles. The fourth-order valence-corrected chi connectivity index (χ4v) is 3.83. The summed E-state index contributed by atoms with van der Waals surface area (Å²) in [6.45, 7) is 0.970. The van der Waals surface area contributed by atoms with Gasteiger partial charge in [0.1, 0.15) is 0 Å². The number of aryl methyl sites for hydroxylation is 2. The van der Waals surface area contributed by atoms with E-state index in [9.17, 15) is 4.57 Å². The maximum Gasteiger partial charge on any atom is 0.393 e. The van der Waals surface area contributed by atoms with Crippen LogP contribution < -0.4 is 0 Å². The molecule has 1 aromatic carbocycles. The first-order valence-electron chi connectivity index (χ1n) is 4.49. The SMILES string of the molecule is COP(=O)(OC)Sc1ccc(C)cc1C. The normalized spacial score (nSPS) is 11.7. The first kappa shape index (κ1) is 12.8. The van der Waals surface area contributed by atoms with Gasteiger partial charge >= 0.3 is 6.80 Å². The summed E-state index contributed by atoms with van der Waals surface area (Å²) in [7, 11) is 2.78. The highest BCUT2D eigenvalue weighted by Gasteiger charge is 2.23. The van der Waals surface area contributed by atoms with E-state index in [0.717, 1.165) is 21.8 Å². The van der Waals surface area contributed by atoms with Crippen LogP contribution in [0.5, 0.6) is 0 Å². The van der Waals surface area contributed by atoms with E-state index in [4.69, 9.17) is 9.05 Å². The van der Waals surface area contributed by atoms with Gasteiger partial charge in [0.05, 0.1) is 0 Å². The Labute approximate surface area is 94.5 Å². The van der Waals surface area contributed by atoms with Crippen LogP contribution in [0.1, 0.15) is 11.1 Å². The highest BCUT2D eigenvalue weighted by Crippen LogP contribution is 2.62. The molecule has 0 aliphatic carbocycles. The van der Waals surface area contributed by atoms with Gasteiger partial charge in [-0.1, -0.05) is 17.7 Å². The van der Waals surface area contributed by atoms with Gasteiger partial charge in [-0.05, 0) is 36.9 Å². The Morgan fingerprint density at radius 2 is 1.80 bits per heavy atom. The van der Waals surface area contributed by atoms with Gasteiger partial charge in [0.25, 0.3) is 0 Å². The first-order chi connectivity index (χ1) is 7.00. The Kier molecular flexibility index (Phi) is 4.41. The Morgan fingerprint density at radius 1 is 1.20 bits per heavy atom. The predicted octanol–water partition coefficient (Wildman–Crippen LogP) is 3.80. The van der Waals surface area contributed by atoms with Gasteiger partial charge in [-0.2, -0.15) is 0 Å². The van der Waals surface area contributed by atoms with E-state index < -0.39 is 6.80 Å². The predicted molar refractivity (Wildman–Crippen MR) is 63.4 cm³/mol. The summed E-state index contributed by atoms with van der Waals surface area (Å²) in [5.41, 5.74) is 2.26. The van der Waals surface area contributed by atoms with Crippen LogP contribution in [0.2, 0.25) is 0 Å². The van der Waals surface area contributed by atoms with Gasteiger partial charge in [0.15, 0.2) is 0 Å². The molecule has 0 amide bonds. The van der Waals surface area contributed by atoms with Crippen molar-refractivity contribution >= 4 is 18.2 Å². The molecule has 0 heterocycles. The molecule has 0 radical (unpaired) electrons. The molecule has 15 heavy (non-hydrogen) atoms. The lowest BCUT2D eigenvalue weighted by molar-refractivity contribution is 0.295. The fraction of sp³-hybridized carbons (Fsp3) is 0.400. The summed E-state index contributed by atoms with van der Waals surface area (Å²) in [4.78, 5) is 0.924. The second-order valence-electron chi connectivity index (χ2n) is 3.17. The third kappa shape index (κ3) is 3.35. The average Bonchev–Trinajstić information content (AvgIpc) is 2.22. The molecule has 0 saturated heterocycles. The standard InChI is InChI=1S/C10H15O3PS/c1-8-5-6-10(9(2)7-8)15-14(11,12-3)13-4/h5-7H,1-4H3. The molecule has 0 aliphatic rings. The van der Waals surface area contributed by atoms with Crippen LogP contribution >= 0.6 is 18.2 Å². The van der Waals surface area contributed by atoms with Crippen LogP contribution in [0.3, 0.4) is 0 Å². The summed E-state index contributed by atoms with van der Waals surface area (Å²) in [6.07, 6.45) is 0. The molecule has 1 aromatic rings. The summed E-state index contributed by atoms with van der Waals surface area (Å²) >= 11 is 1.14. The van der Waals surface area contributed by atoms with Crippen molar-refractivity contribution < 1.29 is 13.6 Å². The Bertz CT molecular complexity index is 384. The minimum Gasteiger partial charge on any atom is -0.304 e. The molecule has 0 bridgehead atoms. The maximum absolute atomic E-state index is 11.9. The Balaban J connectivity index is 2.94. The molecular formula is C10H15O3PS. The first-order valence-corrected chi connectivity index (χ1v) is 7.45. The van der Waals surface area contributed by atoms with Crippen molar-refractivity contribution in [2.75, 3.05) is 14.2 Å². The number of rotatable bonds is 4. The molecular weight excluding hydrogens is 231 g/mol. The summed E-state index contributed by atoms with van der Waals surface area (Å²) in [5, 5.41) is 0. The van der Waals surface area contributed by atoms with Crippen LogP contribution in [0.4, 0.5) is 0 Å². The van der Waals surface area contributed by atoms with Gasteiger partial charge < -0.3 is 9.05 Å². The van der Waals surface area contributed by atoms with Crippen LogP contribution in [0, 0.1) is 13.8 Å². The van der Waals surface area contributed by atoms with Crippen LogP contribution in [-0.4, -0.2) is 14.2 Å². The summed E-state index contributed by atoms with van der Waals surface area (Å²) in [6, 6.07) is 5.95. The zero-order valence-corrected chi connectivity index (χ0v) is 11.0. The van der Waals surface area contributed by atoms with E-state index in [1.807, 2.05) is 32.0 Å². The van der Waals surface area contributed by atoms with Crippen molar-refractivity contribution in [3.8, 4) is 0 Å². The van der Waals surface area contributed by atoms with Gasteiger partial charge in [-0.15, -0.1) is 0 Å². The van der Waals surface area contributed by atoms with Crippen molar-refractivity contribution in [1.29, 1.82) is 0 Å². The quantitative estimate of drug-likeness (QED) is 0.757. The van der Waals surface area contributed by atoms with Gasteiger partial charge in [0.2, 0.25) is 0 Å². The molecule has 1 rings (SSSR count). The van der Waals surface area contributed by atoms with Crippen LogP contribution in [0.15, 0.2) is 23.1 Å². The zero-order valence-electron chi connectivity index (χ0n) is 9.31. The number of benzene rings is 1. The smallest absolute Gasteiger partial charge is 0.304 e. The van der Waals surface area contributed by atoms with Gasteiger partial charge in [0, 0.05) is 19.1 Å². The van der Waals surface area contributed by atoms with E-state index in [-0.39, 0.29) is 0 Å². The average molecular weight is 246 g/mol. The second kappa shape index (κ2) is 5.17.